The number of aryl methyl sites for hydroxylation is 2. The van der Waals surface area contributed by atoms with Gasteiger partial charge in [0.05, 0.1) is 11.4 Å². The van der Waals surface area contributed by atoms with Gasteiger partial charge in [-0.3, -0.25) is 15.6 Å². The van der Waals surface area contributed by atoms with Crippen LogP contribution in [0.4, 0.5) is 5.95 Å². The number of amides is 1. The first-order chi connectivity index (χ1) is 11.3. The van der Waals surface area contributed by atoms with Crippen LogP contribution in [0.1, 0.15) is 11.4 Å². The van der Waals surface area contributed by atoms with Gasteiger partial charge >= 0.3 is 0 Å². The van der Waals surface area contributed by atoms with Crippen LogP contribution in [0, 0.1) is 13.8 Å². The minimum absolute atomic E-state index is 0.130. The highest BCUT2D eigenvalue weighted by atomic mass is 32.2. The summed E-state index contributed by atoms with van der Waals surface area (Å²) in [4.78, 5) is 20.3. The molecule has 0 aliphatic carbocycles. The SMILES string of the molecule is Cc1cc(C)nc(NNC(=O)CN(C)S(=O)(=O)c2ccccc2)n1. The molecular formula is C15H19N5O3S. The number of carbonyl (C=O) groups excluding carboxylic acids is 1. The molecule has 0 saturated heterocycles. The third kappa shape index (κ3) is 4.49. The molecule has 0 saturated carbocycles. The van der Waals surface area contributed by atoms with Crippen molar-refractivity contribution in [2.45, 2.75) is 18.7 Å². The molecule has 0 unspecified atom stereocenters. The van der Waals surface area contributed by atoms with E-state index in [9.17, 15) is 13.2 Å². The van der Waals surface area contributed by atoms with Gasteiger partial charge in [0.2, 0.25) is 16.0 Å². The molecule has 2 rings (SSSR count). The van der Waals surface area contributed by atoms with Crippen molar-refractivity contribution in [1.82, 2.24) is 19.7 Å². The zero-order valence-electron chi connectivity index (χ0n) is 13.6. The number of likely N-dealkylation sites (N-methyl/N-ethyl adjacent to an activating group) is 1. The fourth-order valence-corrected chi connectivity index (χ4v) is 3.15. The Morgan fingerprint density at radius 2 is 1.71 bits per heavy atom. The lowest BCUT2D eigenvalue weighted by atomic mass is 10.4. The zero-order chi connectivity index (χ0) is 17.7. The van der Waals surface area contributed by atoms with Crippen molar-refractivity contribution >= 4 is 21.9 Å². The van der Waals surface area contributed by atoms with Crippen molar-refractivity contribution in [2.75, 3.05) is 19.0 Å². The van der Waals surface area contributed by atoms with E-state index in [4.69, 9.17) is 0 Å². The van der Waals surface area contributed by atoms with Crippen LogP contribution in [0.15, 0.2) is 41.3 Å². The van der Waals surface area contributed by atoms with Crippen molar-refractivity contribution in [3.05, 3.63) is 47.8 Å². The second kappa shape index (κ2) is 7.37. The molecule has 8 nitrogen and oxygen atoms in total. The predicted molar refractivity (Wildman–Crippen MR) is 89.5 cm³/mol. The predicted octanol–water partition coefficient (Wildman–Crippen LogP) is 0.857. The van der Waals surface area contributed by atoms with Crippen LogP contribution in [0.5, 0.6) is 0 Å². The standard InChI is InChI=1S/C15H19N5O3S/c1-11-9-12(2)17-15(16-11)19-18-14(21)10-20(3)24(22,23)13-7-5-4-6-8-13/h4-9H,10H2,1-3H3,(H,18,21)(H,16,17,19). The van der Waals surface area contributed by atoms with Gasteiger partial charge in [0.1, 0.15) is 0 Å². The molecule has 0 aliphatic rings. The van der Waals surface area contributed by atoms with E-state index in [1.54, 1.807) is 24.3 Å². The molecule has 128 valence electrons. The molecular weight excluding hydrogens is 330 g/mol. The van der Waals surface area contributed by atoms with Gasteiger partial charge in [-0.1, -0.05) is 18.2 Å². The highest BCUT2D eigenvalue weighted by Crippen LogP contribution is 2.12. The molecule has 2 aromatic rings. The van der Waals surface area contributed by atoms with Gasteiger partial charge < -0.3 is 0 Å². The maximum absolute atomic E-state index is 12.3. The summed E-state index contributed by atoms with van der Waals surface area (Å²) in [6.45, 7) is 3.28. The number of anilines is 1. The molecule has 24 heavy (non-hydrogen) atoms. The molecule has 0 fully saturated rings. The van der Waals surface area contributed by atoms with Crippen molar-refractivity contribution in [2.24, 2.45) is 0 Å². The molecule has 0 aliphatic heterocycles. The Bertz CT molecular complexity index is 804. The monoisotopic (exact) mass is 349 g/mol. The zero-order valence-corrected chi connectivity index (χ0v) is 14.5. The third-order valence-corrected chi connectivity index (χ3v) is 4.93. The number of hydrazine groups is 1. The normalized spacial score (nSPS) is 11.3. The molecule has 1 heterocycles. The van der Waals surface area contributed by atoms with E-state index in [1.807, 2.05) is 13.8 Å². The maximum Gasteiger partial charge on any atom is 0.253 e. The van der Waals surface area contributed by atoms with E-state index in [2.05, 4.69) is 20.8 Å². The van der Waals surface area contributed by atoms with Crippen molar-refractivity contribution in [3.8, 4) is 0 Å². The molecule has 1 amide bonds. The number of hydrogen-bond donors (Lipinski definition) is 2. The van der Waals surface area contributed by atoms with Crippen molar-refractivity contribution in [3.63, 3.8) is 0 Å². The average Bonchev–Trinajstić information content (AvgIpc) is 2.53. The van der Waals surface area contributed by atoms with Crippen LogP contribution in [0.3, 0.4) is 0 Å². The number of benzene rings is 1. The smallest absolute Gasteiger partial charge is 0.253 e. The molecule has 0 radical (unpaired) electrons. The second-order valence-corrected chi connectivity index (χ2v) is 7.27. The van der Waals surface area contributed by atoms with E-state index in [1.165, 1.54) is 19.2 Å². The Balaban J connectivity index is 1.96. The Morgan fingerprint density at radius 1 is 1.12 bits per heavy atom. The van der Waals surface area contributed by atoms with Crippen molar-refractivity contribution < 1.29 is 13.2 Å². The Labute approximate surface area is 141 Å². The fraction of sp³-hybridized carbons (Fsp3) is 0.267. The van der Waals surface area contributed by atoms with Gasteiger partial charge in [0.15, 0.2) is 0 Å². The van der Waals surface area contributed by atoms with Crippen LogP contribution >= 0.6 is 0 Å². The molecule has 0 bridgehead atoms. The summed E-state index contributed by atoms with van der Waals surface area (Å²) in [5, 5.41) is 0. The largest absolute Gasteiger partial charge is 0.272 e. The Morgan fingerprint density at radius 3 is 2.29 bits per heavy atom. The van der Waals surface area contributed by atoms with Crippen LogP contribution in [0.2, 0.25) is 0 Å². The minimum atomic E-state index is -3.72. The number of rotatable bonds is 6. The number of sulfonamides is 1. The highest BCUT2D eigenvalue weighted by molar-refractivity contribution is 7.89. The first kappa shape index (κ1) is 17.8. The molecule has 0 atom stereocenters. The summed E-state index contributed by atoms with van der Waals surface area (Å²) in [7, 11) is -2.37. The lowest BCUT2D eigenvalue weighted by Gasteiger charge is -2.17. The highest BCUT2D eigenvalue weighted by Gasteiger charge is 2.22. The molecule has 9 heteroatoms. The summed E-state index contributed by atoms with van der Waals surface area (Å²) < 4.78 is 25.6. The first-order valence-corrected chi connectivity index (χ1v) is 8.61. The summed E-state index contributed by atoms with van der Waals surface area (Å²) >= 11 is 0. The van der Waals surface area contributed by atoms with Gasteiger partial charge in [-0.15, -0.1) is 0 Å². The molecule has 1 aromatic carbocycles. The third-order valence-electron chi connectivity index (χ3n) is 3.11. The topological polar surface area (TPSA) is 104 Å². The maximum atomic E-state index is 12.3. The summed E-state index contributed by atoms with van der Waals surface area (Å²) in [6, 6.07) is 9.73. The van der Waals surface area contributed by atoms with E-state index >= 15 is 0 Å². The van der Waals surface area contributed by atoms with Crippen LogP contribution < -0.4 is 10.9 Å². The van der Waals surface area contributed by atoms with E-state index in [0.717, 1.165) is 15.7 Å². The van der Waals surface area contributed by atoms with Gasteiger partial charge in [-0.2, -0.15) is 4.31 Å². The summed E-state index contributed by atoms with van der Waals surface area (Å²) in [5.41, 5.74) is 6.47. The van der Waals surface area contributed by atoms with Crippen LogP contribution in [-0.4, -0.2) is 42.2 Å². The van der Waals surface area contributed by atoms with E-state index < -0.39 is 15.9 Å². The molecule has 2 N–H and O–H groups in total. The number of aromatic nitrogens is 2. The van der Waals surface area contributed by atoms with Gasteiger partial charge in [0, 0.05) is 18.4 Å². The van der Waals surface area contributed by atoms with Crippen LogP contribution in [-0.2, 0) is 14.8 Å². The summed E-state index contributed by atoms with van der Waals surface area (Å²) in [5.74, 6) is -0.283. The van der Waals surface area contributed by atoms with Crippen molar-refractivity contribution in [1.29, 1.82) is 0 Å². The molecule has 0 spiro atoms. The quantitative estimate of drug-likeness (QED) is 0.750. The lowest BCUT2D eigenvalue weighted by Crippen LogP contribution is -2.40. The number of carbonyl (C=O) groups is 1. The van der Waals surface area contributed by atoms with E-state index in [0.29, 0.717) is 0 Å². The molecule has 1 aromatic heterocycles. The van der Waals surface area contributed by atoms with Gasteiger partial charge in [-0.05, 0) is 32.0 Å². The number of nitrogens with one attached hydrogen (secondary N) is 2. The number of nitrogens with zero attached hydrogens (tertiary/aromatic N) is 3. The second-order valence-electron chi connectivity index (χ2n) is 5.22. The van der Waals surface area contributed by atoms with Gasteiger partial charge in [0.25, 0.3) is 5.91 Å². The summed E-state index contributed by atoms with van der Waals surface area (Å²) in [6.07, 6.45) is 0. The Hall–Kier alpha value is -2.52. The fourth-order valence-electron chi connectivity index (χ4n) is 2.01. The minimum Gasteiger partial charge on any atom is -0.272 e. The van der Waals surface area contributed by atoms with E-state index in [-0.39, 0.29) is 17.4 Å². The Kier molecular flexibility index (Phi) is 5.47. The lowest BCUT2D eigenvalue weighted by molar-refractivity contribution is -0.120. The average molecular weight is 349 g/mol. The van der Waals surface area contributed by atoms with Gasteiger partial charge in [-0.25, -0.2) is 18.4 Å². The number of hydrogen-bond acceptors (Lipinski definition) is 6. The van der Waals surface area contributed by atoms with Crippen LogP contribution in [0.25, 0.3) is 0 Å². The first-order valence-electron chi connectivity index (χ1n) is 7.17.